The molecule has 2 atom stereocenters. The zero-order chi connectivity index (χ0) is 19.6. The molecule has 1 spiro atoms. The van der Waals surface area contributed by atoms with Crippen LogP contribution in [0.3, 0.4) is 0 Å². The smallest absolute Gasteiger partial charge is 0.0691 e. The summed E-state index contributed by atoms with van der Waals surface area (Å²) in [5.41, 5.74) is 4.88. The molecule has 0 radical (unpaired) electrons. The number of fused-ring (bicyclic) bond motifs is 1. The van der Waals surface area contributed by atoms with Gasteiger partial charge >= 0.3 is 0 Å². The summed E-state index contributed by atoms with van der Waals surface area (Å²) < 4.78 is 6.42. The van der Waals surface area contributed by atoms with E-state index in [1.165, 1.54) is 76.3 Å². The molecule has 154 valence electrons. The van der Waals surface area contributed by atoms with Gasteiger partial charge in [-0.25, -0.2) is 0 Å². The average Bonchev–Trinajstić information content (AvgIpc) is 3.22. The second-order valence-electron chi connectivity index (χ2n) is 9.84. The minimum absolute atomic E-state index is 0.132. The molecule has 2 nitrogen and oxygen atoms in total. The zero-order valence-electron chi connectivity index (χ0n) is 17.7. The molecule has 2 heterocycles. The SMILES string of the molecule is c1ccc([C@]2(CCC[C@@H]3CCCc4ccccc43)CCOC3(CCCC3)C2)nc1. The number of aromatic nitrogens is 1. The van der Waals surface area contributed by atoms with Crippen molar-refractivity contribution >= 4 is 0 Å². The Kier molecular flexibility index (Phi) is 5.47. The Morgan fingerprint density at radius 1 is 0.966 bits per heavy atom. The Hall–Kier alpha value is -1.67. The van der Waals surface area contributed by atoms with Gasteiger partial charge in [-0.2, -0.15) is 0 Å². The van der Waals surface area contributed by atoms with Gasteiger partial charge in [-0.15, -0.1) is 0 Å². The topological polar surface area (TPSA) is 22.1 Å². The molecular formula is C27H35NO. The molecule has 2 aliphatic carbocycles. The lowest BCUT2D eigenvalue weighted by molar-refractivity contribution is -0.105. The van der Waals surface area contributed by atoms with E-state index in [4.69, 9.17) is 9.72 Å². The third-order valence-corrected chi connectivity index (χ3v) is 8.07. The number of rotatable bonds is 5. The van der Waals surface area contributed by atoms with Crippen LogP contribution >= 0.6 is 0 Å². The quantitative estimate of drug-likeness (QED) is 0.565. The summed E-state index contributed by atoms with van der Waals surface area (Å²) in [5.74, 6) is 0.751. The summed E-state index contributed by atoms with van der Waals surface area (Å²) in [4.78, 5) is 4.87. The van der Waals surface area contributed by atoms with Gasteiger partial charge in [0.15, 0.2) is 0 Å². The fraction of sp³-hybridized carbons (Fsp3) is 0.593. The molecule has 29 heavy (non-hydrogen) atoms. The molecule has 0 bridgehead atoms. The Morgan fingerprint density at radius 3 is 2.69 bits per heavy atom. The first-order valence-corrected chi connectivity index (χ1v) is 11.9. The molecule has 1 aromatic heterocycles. The van der Waals surface area contributed by atoms with Crippen LogP contribution in [-0.2, 0) is 16.6 Å². The van der Waals surface area contributed by atoms with E-state index in [1.807, 2.05) is 6.20 Å². The number of hydrogen-bond donors (Lipinski definition) is 0. The highest BCUT2D eigenvalue weighted by atomic mass is 16.5. The first kappa shape index (κ1) is 19.3. The summed E-state index contributed by atoms with van der Waals surface area (Å²) in [7, 11) is 0. The second-order valence-corrected chi connectivity index (χ2v) is 9.84. The maximum atomic E-state index is 6.42. The normalized spacial score (nSPS) is 28.3. The van der Waals surface area contributed by atoms with Crippen molar-refractivity contribution in [2.45, 2.75) is 94.0 Å². The van der Waals surface area contributed by atoms with Crippen LogP contribution in [0.1, 0.15) is 93.4 Å². The number of benzene rings is 1. The van der Waals surface area contributed by atoms with Crippen molar-refractivity contribution in [3.05, 3.63) is 65.5 Å². The molecule has 2 heteroatoms. The van der Waals surface area contributed by atoms with Crippen LogP contribution < -0.4 is 0 Å². The number of ether oxygens (including phenoxy) is 1. The number of pyridine rings is 1. The standard InChI is InChI=1S/C27H35NO/c1-2-13-24-22(9-1)10-7-11-23(24)12-8-15-26(25-14-3-6-19-28-25)18-20-29-27(21-26)16-4-5-17-27/h1-3,6,9,13-14,19,23H,4-5,7-8,10-12,15-18,20-21H2/t23-,26+/m0/s1. The van der Waals surface area contributed by atoms with E-state index in [0.717, 1.165) is 18.9 Å². The number of nitrogens with zero attached hydrogens (tertiary/aromatic N) is 1. The van der Waals surface area contributed by atoms with Crippen molar-refractivity contribution in [1.29, 1.82) is 0 Å². The lowest BCUT2D eigenvalue weighted by atomic mass is 9.66. The monoisotopic (exact) mass is 389 g/mol. The summed E-state index contributed by atoms with van der Waals surface area (Å²) in [5, 5.41) is 0. The fourth-order valence-corrected chi connectivity index (χ4v) is 6.64. The Balaban J connectivity index is 1.34. The minimum Gasteiger partial charge on any atom is -0.375 e. The molecule has 2 aromatic rings. The van der Waals surface area contributed by atoms with E-state index in [2.05, 4.69) is 42.5 Å². The van der Waals surface area contributed by atoms with E-state index in [9.17, 15) is 0 Å². The summed E-state index contributed by atoms with van der Waals surface area (Å²) in [6.07, 6.45) is 17.3. The third-order valence-electron chi connectivity index (χ3n) is 8.07. The predicted molar refractivity (Wildman–Crippen MR) is 118 cm³/mol. The van der Waals surface area contributed by atoms with Crippen molar-refractivity contribution in [3.63, 3.8) is 0 Å². The largest absolute Gasteiger partial charge is 0.375 e. The summed E-state index contributed by atoms with van der Waals surface area (Å²) in [6, 6.07) is 15.7. The predicted octanol–water partition coefficient (Wildman–Crippen LogP) is 6.73. The van der Waals surface area contributed by atoms with Crippen molar-refractivity contribution < 1.29 is 4.74 Å². The molecule has 1 saturated carbocycles. The maximum absolute atomic E-state index is 6.42. The van der Waals surface area contributed by atoms with Gasteiger partial charge < -0.3 is 4.74 Å². The van der Waals surface area contributed by atoms with E-state index in [-0.39, 0.29) is 11.0 Å². The number of hydrogen-bond acceptors (Lipinski definition) is 2. The van der Waals surface area contributed by atoms with Gasteiger partial charge in [-0.1, -0.05) is 49.6 Å². The first-order valence-electron chi connectivity index (χ1n) is 11.9. The van der Waals surface area contributed by atoms with Crippen molar-refractivity contribution in [1.82, 2.24) is 4.98 Å². The highest BCUT2D eigenvalue weighted by Crippen LogP contribution is 2.50. The summed E-state index contributed by atoms with van der Waals surface area (Å²) in [6.45, 7) is 0.906. The van der Waals surface area contributed by atoms with Gasteiger partial charge in [0, 0.05) is 23.9 Å². The second kappa shape index (κ2) is 8.22. The maximum Gasteiger partial charge on any atom is 0.0691 e. The van der Waals surface area contributed by atoms with E-state index >= 15 is 0 Å². The molecular weight excluding hydrogens is 354 g/mol. The zero-order valence-corrected chi connectivity index (χ0v) is 17.7. The lowest BCUT2D eigenvalue weighted by Crippen LogP contribution is -2.46. The van der Waals surface area contributed by atoms with Crippen LogP contribution in [0.5, 0.6) is 0 Å². The lowest BCUT2D eigenvalue weighted by Gasteiger charge is -2.46. The molecule has 2 fully saturated rings. The molecule has 1 saturated heterocycles. The van der Waals surface area contributed by atoms with Crippen LogP contribution in [0.25, 0.3) is 0 Å². The van der Waals surface area contributed by atoms with E-state index < -0.39 is 0 Å². The Bertz CT molecular complexity index is 810. The summed E-state index contributed by atoms with van der Waals surface area (Å²) >= 11 is 0. The van der Waals surface area contributed by atoms with Crippen LogP contribution in [0, 0.1) is 0 Å². The minimum atomic E-state index is 0.132. The first-order chi connectivity index (χ1) is 14.3. The highest BCUT2D eigenvalue weighted by Gasteiger charge is 2.48. The van der Waals surface area contributed by atoms with Gasteiger partial charge in [0.25, 0.3) is 0 Å². The average molecular weight is 390 g/mol. The Morgan fingerprint density at radius 2 is 1.83 bits per heavy atom. The number of aryl methyl sites for hydroxylation is 1. The molecule has 3 aliphatic rings. The van der Waals surface area contributed by atoms with Crippen molar-refractivity contribution in [2.75, 3.05) is 6.61 Å². The molecule has 5 rings (SSSR count). The van der Waals surface area contributed by atoms with E-state index in [1.54, 1.807) is 11.1 Å². The molecule has 1 aromatic carbocycles. The third kappa shape index (κ3) is 3.89. The van der Waals surface area contributed by atoms with Crippen LogP contribution in [0.4, 0.5) is 0 Å². The van der Waals surface area contributed by atoms with Crippen molar-refractivity contribution in [3.8, 4) is 0 Å². The molecule has 0 unspecified atom stereocenters. The molecule has 0 N–H and O–H groups in total. The van der Waals surface area contributed by atoms with Gasteiger partial charge in [0.2, 0.25) is 0 Å². The van der Waals surface area contributed by atoms with Gasteiger partial charge in [0.1, 0.15) is 0 Å². The van der Waals surface area contributed by atoms with Crippen molar-refractivity contribution in [2.24, 2.45) is 0 Å². The fourth-order valence-electron chi connectivity index (χ4n) is 6.64. The van der Waals surface area contributed by atoms with Gasteiger partial charge in [-0.3, -0.25) is 4.98 Å². The van der Waals surface area contributed by atoms with Crippen LogP contribution in [-0.4, -0.2) is 17.2 Å². The van der Waals surface area contributed by atoms with Crippen LogP contribution in [0.2, 0.25) is 0 Å². The Labute approximate surface area is 176 Å². The van der Waals surface area contributed by atoms with Crippen LogP contribution in [0.15, 0.2) is 48.7 Å². The molecule has 1 aliphatic heterocycles. The van der Waals surface area contributed by atoms with E-state index in [0.29, 0.717) is 0 Å². The van der Waals surface area contributed by atoms with Gasteiger partial charge in [0.05, 0.1) is 5.60 Å². The highest BCUT2D eigenvalue weighted by molar-refractivity contribution is 5.32. The molecule has 0 amide bonds. The van der Waals surface area contributed by atoms with Gasteiger partial charge in [-0.05, 0) is 87.0 Å².